The summed E-state index contributed by atoms with van der Waals surface area (Å²) in [6.07, 6.45) is 0.191. The van der Waals surface area contributed by atoms with Gasteiger partial charge in [0.15, 0.2) is 5.69 Å². The van der Waals surface area contributed by atoms with E-state index < -0.39 is 11.7 Å². The van der Waals surface area contributed by atoms with E-state index in [0.717, 1.165) is 11.3 Å². The number of aryl methyl sites for hydroxylation is 1. The van der Waals surface area contributed by atoms with Crippen molar-refractivity contribution >= 4 is 29.3 Å². The van der Waals surface area contributed by atoms with Crippen molar-refractivity contribution < 1.29 is 14.3 Å². The fourth-order valence-corrected chi connectivity index (χ4v) is 3.05. The Labute approximate surface area is 163 Å². The predicted molar refractivity (Wildman–Crippen MR) is 103 cm³/mol. The molecule has 1 aliphatic heterocycles. The number of hydrogen-bond acceptors (Lipinski definition) is 4. The average Bonchev–Trinajstić information content (AvgIpc) is 2.99. The highest BCUT2D eigenvalue weighted by molar-refractivity contribution is 6.31. The van der Waals surface area contributed by atoms with E-state index in [1.807, 2.05) is 33.8 Å². The molecule has 0 fully saturated rings. The molecule has 2 N–H and O–H groups in total. The lowest BCUT2D eigenvalue weighted by molar-refractivity contribution is 0.0222. The van der Waals surface area contributed by atoms with Crippen molar-refractivity contribution in [3.63, 3.8) is 0 Å². The number of ether oxygens (including phenoxy) is 1. The van der Waals surface area contributed by atoms with Crippen LogP contribution in [0.1, 0.15) is 48.1 Å². The lowest BCUT2D eigenvalue weighted by Crippen LogP contribution is -2.40. The Morgan fingerprint density at radius 2 is 2.07 bits per heavy atom. The first-order valence-corrected chi connectivity index (χ1v) is 9.13. The molecular formula is C19H23ClN4O3. The van der Waals surface area contributed by atoms with Gasteiger partial charge in [-0.1, -0.05) is 17.7 Å². The molecule has 0 aliphatic carbocycles. The first-order chi connectivity index (χ1) is 12.6. The van der Waals surface area contributed by atoms with Crippen LogP contribution in [0.4, 0.5) is 10.5 Å². The molecule has 2 heterocycles. The molecule has 2 aromatic rings. The molecule has 1 aliphatic rings. The van der Waals surface area contributed by atoms with Crippen molar-refractivity contribution in [3.8, 4) is 0 Å². The SMILES string of the molecule is Cc1ccc(Cl)cc1NC(=O)c1n[nH]c2c1CN(C(=O)OC(C)(C)C)CC2. The minimum atomic E-state index is -0.571. The standard InChI is InChI=1S/C19H23ClN4O3/c1-11-5-6-12(20)9-15(11)21-17(25)16-13-10-24(8-7-14(13)22-23-16)18(26)27-19(2,3)4/h5-6,9H,7-8,10H2,1-4H3,(H,21,25)(H,22,23). The maximum atomic E-state index is 12.7. The van der Waals surface area contributed by atoms with E-state index in [0.29, 0.717) is 29.2 Å². The summed E-state index contributed by atoms with van der Waals surface area (Å²) in [6.45, 7) is 8.14. The van der Waals surface area contributed by atoms with Crippen LogP contribution in [0.3, 0.4) is 0 Å². The molecule has 0 atom stereocenters. The van der Waals surface area contributed by atoms with Crippen LogP contribution in [-0.2, 0) is 17.7 Å². The molecule has 0 bridgehead atoms. The van der Waals surface area contributed by atoms with Gasteiger partial charge in [-0.3, -0.25) is 9.89 Å². The number of nitrogens with zero attached hydrogens (tertiary/aromatic N) is 2. The molecule has 27 heavy (non-hydrogen) atoms. The number of nitrogens with one attached hydrogen (secondary N) is 2. The Bertz CT molecular complexity index is 886. The molecule has 1 aromatic heterocycles. The van der Waals surface area contributed by atoms with Gasteiger partial charge in [-0.25, -0.2) is 4.79 Å². The number of halogens is 1. The summed E-state index contributed by atoms with van der Waals surface area (Å²) in [7, 11) is 0. The quantitative estimate of drug-likeness (QED) is 0.813. The average molecular weight is 391 g/mol. The highest BCUT2D eigenvalue weighted by Crippen LogP contribution is 2.25. The maximum absolute atomic E-state index is 12.7. The van der Waals surface area contributed by atoms with Gasteiger partial charge in [0.25, 0.3) is 5.91 Å². The Hall–Kier alpha value is -2.54. The summed E-state index contributed by atoms with van der Waals surface area (Å²) >= 11 is 6.02. The Morgan fingerprint density at radius 3 is 2.78 bits per heavy atom. The highest BCUT2D eigenvalue weighted by atomic mass is 35.5. The van der Waals surface area contributed by atoms with E-state index in [1.54, 1.807) is 17.0 Å². The highest BCUT2D eigenvalue weighted by Gasteiger charge is 2.30. The van der Waals surface area contributed by atoms with Gasteiger partial charge in [0.1, 0.15) is 5.60 Å². The van der Waals surface area contributed by atoms with Crippen LogP contribution in [0.15, 0.2) is 18.2 Å². The van der Waals surface area contributed by atoms with Crippen LogP contribution >= 0.6 is 11.6 Å². The number of aromatic nitrogens is 2. The van der Waals surface area contributed by atoms with Crippen molar-refractivity contribution in [2.75, 3.05) is 11.9 Å². The van der Waals surface area contributed by atoms with Crippen molar-refractivity contribution in [1.82, 2.24) is 15.1 Å². The number of amides is 2. The second kappa shape index (κ2) is 7.23. The first kappa shape index (κ1) is 19.2. The van der Waals surface area contributed by atoms with E-state index in [4.69, 9.17) is 16.3 Å². The number of benzene rings is 1. The molecule has 144 valence electrons. The van der Waals surface area contributed by atoms with Crippen molar-refractivity contribution in [3.05, 3.63) is 45.7 Å². The van der Waals surface area contributed by atoms with E-state index in [1.165, 1.54) is 0 Å². The molecule has 7 nitrogen and oxygen atoms in total. The van der Waals surface area contributed by atoms with E-state index in [-0.39, 0.29) is 18.1 Å². The number of carbonyl (C=O) groups is 2. The van der Waals surface area contributed by atoms with Gasteiger partial charge in [-0.05, 0) is 45.4 Å². The summed E-state index contributed by atoms with van der Waals surface area (Å²) in [6, 6.07) is 5.30. The van der Waals surface area contributed by atoms with Gasteiger partial charge in [0.05, 0.1) is 6.54 Å². The van der Waals surface area contributed by atoms with E-state index in [2.05, 4.69) is 15.5 Å². The van der Waals surface area contributed by atoms with Crippen LogP contribution < -0.4 is 5.32 Å². The van der Waals surface area contributed by atoms with Gasteiger partial charge in [0, 0.05) is 34.9 Å². The van der Waals surface area contributed by atoms with Crippen LogP contribution in [0.2, 0.25) is 5.02 Å². The fourth-order valence-electron chi connectivity index (χ4n) is 2.88. The fraction of sp³-hybridized carbons (Fsp3) is 0.421. The number of rotatable bonds is 2. The molecule has 0 saturated heterocycles. The van der Waals surface area contributed by atoms with Crippen LogP contribution in [0, 0.1) is 6.92 Å². The van der Waals surface area contributed by atoms with Crippen molar-refractivity contribution in [1.29, 1.82) is 0 Å². The number of aromatic amines is 1. The molecule has 1 aromatic carbocycles. The number of fused-ring (bicyclic) bond motifs is 1. The van der Waals surface area contributed by atoms with E-state index >= 15 is 0 Å². The van der Waals surface area contributed by atoms with Crippen molar-refractivity contribution in [2.24, 2.45) is 0 Å². The summed E-state index contributed by atoms with van der Waals surface area (Å²) in [5.74, 6) is -0.344. The second-order valence-electron chi connectivity index (χ2n) is 7.59. The lowest BCUT2D eigenvalue weighted by Gasteiger charge is -2.30. The number of carbonyl (C=O) groups excluding carboxylic acids is 2. The molecule has 0 unspecified atom stereocenters. The second-order valence-corrected chi connectivity index (χ2v) is 8.03. The summed E-state index contributed by atoms with van der Waals surface area (Å²) in [5, 5.41) is 10.5. The molecule has 0 spiro atoms. The Kier molecular flexibility index (Phi) is 5.15. The molecule has 0 saturated carbocycles. The molecular weight excluding hydrogens is 368 g/mol. The van der Waals surface area contributed by atoms with Crippen LogP contribution in [0.5, 0.6) is 0 Å². The summed E-state index contributed by atoms with van der Waals surface area (Å²) in [5.41, 5.74) is 2.80. The normalized spacial score (nSPS) is 13.9. The topological polar surface area (TPSA) is 87.3 Å². The minimum Gasteiger partial charge on any atom is -0.444 e. The third-order valence-corrected chi connectivity index (χ3v) is 4.48. The number of hydrogen-bond donors (Lipinski definition) is 2. The zero-order valence-electron chi connectivity index (χ0n) is 15.9. The lowest BCUT2D eigenvalue weighted by atomic mass is 10.1. The van der Waals surface area contributed by atoms with Gasteiger partial charge < -0.3 is 15.0 Å². The van der Waals surface area contributed by atoms with Gasteiger partial charge in [0.2, 0.25) is 0 Å². The molecule has 3 rings (SSSR count). The molecule has 8 heteroatoms. The van der Waals surface area contributed by atoms with Gasteiger partial charge in [-0.15, -0.1) is 0 Å². The number of H-pyrrole nitrogens is 1. The summed E-state index contributed by atoms with van der Waals surface area (Å²) in [4.78, 5) is 26.7. The third kappa shape index (κ3) is 4.42. The van der Waals surface area contributed by atoms with Gasteiger partial charge >= 0.3 is 6.09 Å². The van der Waals surface area contributed by atoms with Crippen LogP contribution in [-0.4, -0.2) is 39.2 Å². The van der Waals surface area contributed by atoms with Crippen molar-refractivity contribution in [2.45, 2.75) is 46.3 Å². The molecule has 2 amide bonds. The minimum absolute atomic E-state index is 0.276. The zero-order valence-corrected chi connectivity index (χ0v) is 16.6. The zero-order chi connectivity index (χ0) is 19.8. The summed E-state index contributed by atoms with van der Waals surface area (Å²) < 4.78 is 5.43. The third-order valence-electron chi connectivity index (χ3n) is 4.25. The van der Waals surface area contributed by atoms with Crippen LogP contribution in [0.25, 0.3) is 0 Å². The smallest absolute Gasteiger partial charge is 0.410 e. The van der Waals surface area contributed by atoms with Gasteiger partial charge in [-0.2, -0.15) is 5.10 Å². The largest absolute Gasteiger partial charge is 0.444 e. The number of anilines is 1. The molecule has 0 radical (unpaired) electrons. The maximum Gasteiger partial charge on any atom is 0.410 e. The Morgan fingerprint density at radius 1 is 1.33 bits per heavy atom. The predicted octanol–water partition coefficient (Wildman–Crippen LogP) is 3.92. The van der Waals surface area contributed by atoms with E-state index in [9.17, 15) is 9.59 Å². The monoisotopic (exact) mass is 390 g/mol. The first-order valence-electron chi connectivity index (χ1n) is 8.75. The Balaban J connectivity index is 1.78.